The van der Waals surface area contributed by atoms with Crippen molar-refractivity contribution in [3.05, 3.63) is 102 Å². The molecule has 0 spiro atoms. The summed E-state index contributed by atoms with van der Waals surface area (Å²) in [6.45, 7) is 1.37. The first-order valence-corrected chi connectivity index (χ1v) is 9.93. The summed E-state index contributed by atoms with van der Waals surface area (Å²) in [5.41, 5.74) is 2.77. The fourth-order valence-corrected chi connectivity index (χ4v) is 3.27. The molecule has 0 fully saturated rings. The number of amides is 1. The summed E-state index contributed by atoms with van der Waals surface area (Å²) in [6, 6.07) is 27.6. The number of nitrogens with one attached hydrogen (secondary N) is 1. The van der Waals surface area contributed by atoms with E-state index in [-0.39, 0.29) is 12.0 Å². The highest BCUT2D eigenvalue weighted by molar-refractivity contribution is 5.96. The molecule has 4 nitrogen and oxygen atoms in total. The molecule has 0 aliphatic carbocycles. The molecule has 0 radical (unpaired) electrons. The van der Waals surface area contributed by atoms with E-state index in [0.717, 1.165) is 24.1 Å². The van der Waals surface area contributed by atoms with E-state index in [0.29, 0.717) is 17.9 Å². The minimum Gasteiger partial charge on any atom is -0.485 e. The van der Waals surface area contributed by atoms with Crippen molar-refractivity contribution < 1.29 is 9.53 Å². The quantitative estimate of drug-likeness (QED) is 0.578. The highest BCUT2D eigenvalue weighted by Crippen LogP contribution is 2.28. The van der Waals surface area contributed by atoms with Gasteiger partial charge >= 0.3 is 0 Å². The zero-order chi connectivity index (χ0) is 20.5. The number of benzene rings is 3. The summed E-state index contributed by atoms with van der Waals surface area (Å²) < 4.78 is 6.37. The molecule has 1 atom stereocenters. The fourth-order valence-electron chi connectivity index (χ4n) is 3.27. The van der Waals surface area contributed by atoms with Crippen LogP contribution >= 0.6 is 0 Å². The van der Waals surface area contributed by atoms with Gasteiger partial charge < -0.3 is 15.0 Å². The van der Waals surface area contributed by atoms with Gasteiger partial charge in [-0.3, -0.25) is 4.79 Å². The van der Waals surface area contributed by atoms with Crippen LogP contribution < -0.4 is 10.1 Å². The maximum atomic E-state index is 13.1. The van der Waals surface area contributed by atoms with Gasteiger partial charge in [-0.1, -0.05) is 72.8 Å². The predicted molar refractivity (Wildman–Crippen MR) is 117 cm³/mol. The number of nitrogens with zero attached hydrogens (tertiary/aromatic N) is 1. The summed E-state index contributed by atoms with van der Waals surface area (Å²) in [6.07, 6.45) is 0.681. The third-order valence-corrected chi connectivity index (χ3v) is 4.82. The van der Waals surface area contributed by atoms with Gasteiger partial charge in [-0.15, -0.1) is 0 Å². The minimum absolute atomic E-state index is 0.0510. The largest absolute Gasteiger partial charge is 0.485 e. The van der Waals surface area contributed by atoms with Crippen molar-refractivity contribution in [2.45, 2.75) is 19.1 Å². The van der Waals surface area contributed by atoms with Crippen LogP contribution in [0.2, 0.25) is 0 Å². The number of rotatable bonds is 9. The van der Waals surface area contributed by atoms with Gasteiger partial charge in [0.05, 0.1) is 5.56 Å². The van der Waals surface area contributed by atoms with Crippen molar-refractivity contribution in [1.82, 2.24) is 10.2 Å². The van der Waals surface area contributed by atoms with Crippen LogP contribution in [0.1, 0.15) is 34.0 Å². The van der Waals surface area contributed by atoms with Crippen molar-refractivity contribution in [2.75, 3.05) is 20.6 Å². The molecule has 29 heavy (non-hydrogen) atoms. The lowest BCUT2D eigenvalue weighted by atomic mass is 10.1. The maximum Gasteiger partial charge on any atom is 0.257 e. The number of carbonyl (C=O) groups is 1. The summed E-state index contributed by atoms with van der Waals surface area (Å²) in [7, 11) is 3.75. The monoisotopic (exact) mass is 388 g/mol. The molecule has 0 aromatic heterocycles. The van der Waals surface area contributed by atoms with Gasteiger partial charge in [-0.25, -0.2) is 0 Å². The number of hydrogen-bond donors (Lipinski definition) is 1. The molecular formula is C25H28N2O2. The first-order chi connectivity index (χ1) is 14.2. The van der Waals surface area contributed by atoms with E-state index in [2.05, 4.69) is 17.4 Å². The SMILES string of the molecule is CNCCC(Oc1ccccc1C(=O)N(C)Cc1ccccc1)c1ccccc1. The third-order valence-electron chi connectivity index (χ3n) is 4.82. The van der Waals surface area contributed by atoms with Gasteiger partial charge in [0.15, 0.2) is 0 Å². The average Bonchev–Trinajstić information content (AvgIpc) is 2.77. The minimum atomic E-state index is -0.128. The number of carbonyl (C=O) groups excluding carboxylic acids is 1. The van der Waals surface area contributed by atoms with Crippen LogP contribution in [0.3, 0.4) is 0 Å². The second-order valence-electron chi connectivity index (χ2n) is 7.05. The molecule has 3 aromatic carbocycles. The molecule has 0 saturated carbocycles. The smallest absolute Gasteiger partial charge is 0.257 e. The van der Waals surface area contributed by atoms with Crippen molar-refractivity contribution in [3.8, 4) is 5.75 Å². The second kappa shape index (κ2) is 10.4. The molecule has 4 heteroatoms. The first kappa shape index (κ1) is 20.6. The van der Waals surface area contributed by atoms with E-state index in [1.165, 1.54) is 0 Å². The lowest BCUT2D eigenvalue weighted by molar-refractivity contribution is 0.0776. The highest BCUT2D eigenvalue weighted by atomic mass is 16.5. The van der Waals surface area contributed by atoms with E-state index >= 15 is 0 Å². The Hall–Kier alpha value is -3.11. The molecule has 3 aromatic rings. The van der Waals surface area contributed by atoms with Crippen molar-refractivity contribution in [3.63, 3.8) is 0 Å². The Morgan fingerprint density at radius 1 is 0.931 bits per heavy atom. The van der Waals surface area contributed by atoms with Gasteiger partial charge in [-0.05, 0) is 36.9 Å². The molecule has 0 saturated heterocycles. The van der Waals surface area contributed by atoms with Crippen molar-refractivity contribution in [2.24, 2.45) is 0 Å². The molecule has 150 valence electrons. The summed E-state index contributed by atoms with van der Waals surface area (Å²) in [4.78, 5) is 14.9. The van der Waals surface area contributed by atoms with E-state index in [4.69, 9.17) is 4.74 Å². The Kier molecular flexibility index (Phi) is 7.42. The molecule has 1 amide bonds. The Labute approximate surface area is 173 Å². The van der Waals surface area contributed by atoms with Crippen LogP contribution in [-0.2, 0) is 6.54 Å². The predicted octanol–water partition coefficient (Wildman–Crippen LogP) is 4.69. The van der Waals surface area contributed by atoms with E-state index in [1.54, 1.807) is 4.90 Å². The molecular weight excluding hydrogens is 360 g/mol. The van der Waals surface area contributed by atoms with E-state index in [1.807, 2.05) is 86.9 Å². The molecule has 0 bridgehead atoms. The lowest BCUT2D eigenvalue weighted by Gasteiger charge is -2.23. The standard InChI is InChI=1S/C25H28N2O2/c1-26-18-17-23(21-13-7-4-8-14-21)29-24-16-10-9-15-22(24)25(28)27(2)19-20-11-5-3-6-12-20/h3-16,23,26H,17-19H2,1-2H3. The van der Waals surface area contributed by atoms with Gasteiger partial charge in [-0.2, -0.15) is 0 Å². The summed E-state index contributed by atoms with van der Waals surface area (Å²) in [5.74, 6) is 0.562. The Bertz CT molecular complexity index is 897. The zero-order valence-electron chi connectivity index (χ0n) is 17.0. The van der Waals surface area contributed by atoms with Crippen LogP contribution in [-0.4, -0.2) is 31.4 Å². The molecule has 3 rings (SSSR count). The molecule has 0 aliphatic heterocycles. The van der Waals surface area contributed by atoms with Gasteiger partial charge in [0.25, 0.3) is 5.91 Å². The molecule has 1 unspecified atom stereocenters. The van der Waals surface area contributed by atoms with Crippen LogP contribution in [0.25, 0.3) is 0 Å². The topological polar surface area (TPSA) is 41.6 Å². The number of ether oxygens (including phenoxy) is 1. The third kappa shape index (κ3) is 5.69. The van der Waals surface area contributed by atoms with Crippen LogP contribution in [0.15, 0.2) is 84.9 Å². The van der Waals surface area contributed by atoms with E-state index in [9.17, 15) is 4.79 Å². The van der Waals surface area contributed by atoms with Crippen LogP contribution in [0.5, 0.6) is 5.75 Å². The maximum absolute atomic E-state index is 13.1. The summed E-state index contributed by atoms with van der Waals surface area (Å²) in [5, 5.41) is 3.18. The normalized spacial score (nSPS) is 11.7. The highest BCUT2D eigenvalue weighted by Gasteiger charge is 2.20. The Morgan fingerprint density at radius 3 is 2.24 bits per heavy atom. The summed E-state index contributed by atoms with van der Waals surface area (Å²) >= 11 is 0. The Balaban J connectivity index is 1.80. The van der Waals surface area contributed by atoms with Crippen LogP contribution in [0.4, 0.5) is 0 Å². The average molecular weight is 389 g/mol. The van der Waals surface area contributed by atoms with Crippen molar-refractivity contribution >= 4 is 5.91 Å². The Morgan fingerprint density at radius 2 is 1.55 bits per heavy atom. The zero-order valence-corrected chi connectivity index (χ0v) is 17.0. The molecule has 0 heterocycles. The van der Waals surface area contributed by atoms with Gasteiger partial charge in [0.2, 0.25) is 0 Å². The number of hydrogen-bond acceptors (Lipinski definition) is 3. The van der Waals surface area contributed by atoms with Gasteiger partial charge in [0, 0.05) is 20.0 Å². The first-order valence-electron chi connectivity index (χ1n) is 9.93. The van der Waals surface area contributed by atoms with Crippen molar-refractivity contribution in [1.29, 1.82) is 0 Å². The second-order valence-corrected chi connectivity index (χ2v) is 7.05. The number of para-hydroxylation sites is 1. The van der Waals surface area contributed by atoms with Crippen LogP contribution in [0, 0.1) is 0 Å². The fraction of sp³-hybridized carbons (Fsp3) is 0.240. The lowest BCUT2D eigenvalue weighted by Crippen LogP contribution is -2.27. The van der Waals surface area contributed by atoms with Gasteiger partial charge in [0.1, 0.15) is 11.9 Å². The molecule has 1 N–H and O–H groups in total. The molecule has 0 aliphatic rings. The van der Waals surface area contributed by atoms with E-state index < -0.39 is 0 Å².